The van der Waals surface area contributed by atoms with Crippen molar-refractivity contribution in [2.45, 2.75) is 25.3 Å². The highest BCUT2D eigenvalue weighted by molar-refractivity contribution is 5.92. The van der Waals surface area contributed by atoms with E-state index in [1.54, 1.807) is 19.3 Å². The Morgan fingerprint density at radius 1 is 1.16 bits per heavy atom. The number of H-pyrrole nitrogens is 1. The maximum absolute atomic E-state index is 12.3. The average Bonchev–Trinajstić information content (AvgIpc) is 2.79. The van der Waals surface area contributed by atoms with Crippen LogP contribution < -0.4 is 15.8 Å². The number of aromatic amines is 1. The second kappa shape index (κ2) is 8.70. The van der Waals surface area contributed by atoms with Gasteiger partial charge in [0.2, 0.25) is 0 Å². The molecular formula is C24H28N6O2. The molecule has 3 aromatic rings. The first kappa shape index (κ1) is 20.6. The number of carbonyl (C=O) groups excluding carboxylic acids is 1. The molecule has 4 heterocycles. The summed E-state index contributed by atoms with van der Waals surface area (Å²) in [5.41, 5.74) is 2.24. The van der Waals surface area contributed by atoms with E-state index in [2.05, 4.69) is 30.1 Å². The standard InChI is InChI=1S/C24H28N6O2/c1-25-24(32)21-7-6-17(13-26-21)30-14-18(15-30)29-10-8-16(9-11-29)12-22-27-20-5-3-2-4-19(20)23(31)28-22/h2-7,13,16,18H,8-12,14-15H2,1H3,(H,25,32)(H,27,28,31). The Labute approximate surface area is 186 Å². The van der Waals surface area contributed by atoms with Gasteiger partial charge >= 0.3 is 0 Å². The summed E-state index contributed by atoms with van der Waals surface area (Å²) < 4.78 is 0. The van der Waals surface area contributed by atoms with Crippen LogP contribution in [-0.4, -0.2) is 65.0 Å². The Morgan fingerprint density at radius 2 is 1.94 bits per heavy atom. The van der Waals surface area contributed by atoms with Crippen LogP contribution in [0, 0.1) is 5.92 Å². The lowest BCUT2D eigenvalue weighted by Gasteiger charge is -2.48. The normalized spacial score (nSPS) is 18.0. The van der Waals surface area contributed by atoms with Gasteiger partial charge < -0.3 is 15.2 Å². The minimum absolute atomic E-state index is 0.0459. The molecular weight excluding hydrogens is 404 g/mol. The number of pyridine rings is 1. The first-order valence-electron chi connectivity index (χ1n) is 11.3. The van der Waals surface area contributed by atoms with Crippen molar-refractivity contribution in [3.8, 4) is 0 Å². The van der Waals surface area contributed by atoms with Crippen molar-refractivity contribution in [2.24, 2.45) is 5.92 Å². The molecule has 2 aliphatic heterocycles. The second-order valence-electron chi connectivity index (χ2n) is 8.75. The summed E-state index contributed by atoms with van der Waals surface area (Å²) in [7, 11) is 1.61. The summed E-state index contributed by atoms with van der Waals surface area (Å²) in [6, 6.07) is 11.8. The number of benzene rings is 1. The predicted octanol–water partition coefficient (Wildman–Crippen LogP) is 1.82. The summed E-state index contributed by atoms with van der Waals surface area (Å²) in [5, 5.41) is 3.25. The Hall–Kier alpha value is -3.26. The zero-order chi connectivity index (χ0) is 22.1. The quantitative estimate of drug-likeness (QED) is 0.639. The summed E-state index contributed by atoms with van der Waals surface area (Å²) in [6.07, 6.45) is 4.85. The largest absolute Gasteiger partial charge is 0.367 e. The number of aromatic nitrogens is 3. The molecule has 2 aliphatic rings. The van der Waals surface area contributed by atoms with Gasteiger partial charge in [0.1, 0.15) is 11.5 Å². The van der Waals surface area contributed by atoms with Crippen molar-refractivity contribution >= 4 is 22.5 Å². The summed E-state index contributed by atoms with van der Waals surface area (Å²) >= 11 is 0. The molecule has 0 saturated carbocycles. The van der Waals surface area contributed by atoms with Crippen molar-refractivity contribution in [1.29, 1.82) is 0 Å². The number of amides is 1. The third kappa shape index (κ3) is 4.10. The highest BCUT2D eigenvalue weighted by Gasteiger charge is 2.34. The number of likely N-dealkylation sites (tertiary alicyclic amines) is 1. The van der Waals surface area contributed by atoms with E-state index in [1.807, 2.05) is 30.3 Å². The molecule has 166 valence electrons. The van der Waals surface area contributed by atoms with E-state index < -0.39 is 0 Å². The molecule has 0 radical (unpaired) electrons. The van der Waals surface area contributed by atoms with Crippen LogP contribution >= 0.6 is 0 Å². The van der Waals surface area contributed by atoms with Gasteiger partial charge in [0.25, 0.3) is 11.5 Å². The molecule has 2 N–H and O–H groups in total. The van der Waals surface area contributed by atoms with E-state index in [0.29, 0.717) is 23.0 Å². The first-order chi connectivity index (χ1) is 15.6. The van der Waals surface area contributed by atoms with Gasteiger partial charge in [-0.05, 0) is 56.1 Å². The second-order valence-corrected chi connectivity index (χ2v) is 8.75. The zero-order valence-corrected chi connectivity index (χ0v) is 18.3. The van der Waals surface area contributed by atoms with Crippen LogP contribution in [0.25, 0.3) is 10.9 Å². The highest BCUT2D eigenvalue weighted by Crippen LogP contribution is 2.28. The molecule has 8 nitrogen and oxygen atoms in total. The van der Waals surface area contributed by atoms with E-state index in [0.717, 1.165) is 62.5 Å². The third-order valence-electron chi connectivity index (χ3n) is 6.74. The first-order valence-corrected chi connectivity index (χ1v) is 11.3. The molecule has 5 rings (SSSR count). The Balaban J connectivity index is 1.12. The number of nitrogens with one attached hydrogen (secondary N) is 2. The van der Waals surface area contributed by atoms with Crippen molar-refractivity contribution in [2.75, 3.05) is 38.1 Å². The van der Waals surface area contributed by atoms with Crippen molar-refractivity contribution in [3.63, 3.8) is 0 Å². The predicted molar refractivity (Wildman–Crippen MR) is 124 cm³/mol. The van der Waals surface area contributed by atoms with Gasteiger partial charge in [-0.25, -0.2) is 9.97 Å². The molecule has 0 spiro atoms. The van der Waals surface area contributed by atoms with Crippen LogP contribution in [0.3, 0.4) is 0 Å². The summed E-state index contributed by atoms with van der Waals surface area (Å²) in [4.78, 5) is 40.7. The van der Waals surface area contributed by atoms with E-state index >= 15 is 0 Å². The van der Waals surface area contributed by atoms with E-state index in [9.17, 15) is 9.59 Å². The topological polar surface area (TPSA) is 94.2 Å². The lowest BCUT2D eigenvalue weighted by atomic mass is 9.91. The van der Waals surface area contributed by atoms with E-state index in [1.165, 1.54) is 0 Å². The molecule has 2 aromatic heterocycles. The zero-order valence-electron chi connectivity index (χ0n) is 18.3. The fourth-order valence-corrected chi connectivity index (χ4v) is 4.76. The molecule has 2 fully saturated rings. The minimum Gasteiger partial charge on any atom is -0.367 e. The van der Waals surface area contributed by atoms with Gasteiger partial charge in [0, 0.05) is 32.6 Å². The number of rotatable bonds is 5. The van der Waals surface area contributed by atoms with Crippen LogP contribution in [0.1, 0.15) is 29.2 Å². The number of carbonyl (C=O) groups is 1. The summed E-state index contributed by atoms with van der Waals surface area (Å²) in [6.45, 7) is 4.14. The Kier molecular flexibility index (Phi) is 5.61. The molecule has 0 aliphatic carbocycles. The van der Waals surface area contributed by atoms with Gasteiger partial charge in [-0.1, -0.05) is 12.1 Å². The van der Waals surface area contributed by atoms with Gasteiger partial charge in [0.15, 0.2) is 0 Å². The molecule has 2 saturated heterocycles. The highest BCUT2D eigenvalue weighted by atomic mass is 16.1. The average molecular weight is 433 g/mol. The van der Waals surface area contributed by atoms with Crippen LogP contribution in [0.2, 0.25) is 0 Å². The monoisotopic (exact) mass is 432 g/mol. The Morgan fingerprint density at radius 3 is 2.66 bits per heavy atom. The van der Waals surface area contributed by atoms with E-state index in [4.69, 9.17) is 0 Å². The number of nitrogens with zero attached hydrogens (tertiary/aromatic N) is 4. The van der Waals surface area contributed by atoms with Gasteiger partial charge in [-0.15, -0.1) is 0 Å². The lowest BCUT2D eigenvalue weighted by molar-refractivity contribution is 0.0958. The maximum atomic E-state index is 12.3. The molecule has 0 bridgehead atoms. The van der Waals surface area contributed by atoms with Crippen molar-refractivity contribution < 1.29 is 4.79 Å². The number of hydrogen-bond donors (Lipinski definition) is 2. The number of fused-ring (bicyclic) bond motifs is 1. The van der Waals surface area contributed by atoms with Crippen LogP contribution in [0.15, 0.2) is 47.4 Å². The number of piperidine rings is 1. The number of para-hydroxylation sites is 1. The van der Waals surface area contributed by atoms with Gasteiger partial charge in [-0.2, -0.15) is 0 Å². The third-order valence-corrected chi connectivity index (χ3v) is 6.74. The summed E-state index contributed by atoms with van der Waals surface area (Å²) in [5.74, 6) is 1.19. The SMILES string of the molecule is CNC(=O)c1ccc(N2CC(N3CCC(Cc4nc5ccccc5c(=O)[nH]4)CC3)C2)cn1. The fraction of sp³-hybridized carbons (Fsp3) is 0.417. The molecule has 1 amide bonds. The van der Waals surface area contributed by atoms with Crippen LogP contribution in [0.5, 0.6) is 0 Å². The number of anilines is 1. The van der Waals surface area contributed by atoms with Crippen molar-refractivity contribution in [3.05, 3.63) is 64.5 Å². The number of hydrogen-bond acceptors (Lipinski definition) is 6. The molecule has 0 unspecified atom stereocenters. The Bertz CT molecular complexity index is 1160. The minimum atomic E-state index is -0.163. The van der Waals surface area contributed by atoms with Gasteiger partial charge in [-0.3, -0.25) is 14.5 Å². The molecule has 0 atom stereocenters. The van der Waals surface area contributed by atoms with Crippen LogP contribution in [-0.2, 0) is 6.42 Å². The van der Waals surface area contributed by atoms with Gasteiger partial charge in [0.05, 0.1) is 22.8 Å². The van der Waals surface area contributed by atoms with E-state index in [-0.39, 0.29) is 11.5 Å². The maximum Gasteiger partial charge on any atom is 0.269 e. The molecule has 1 aromatic carbocycles. The van der Waals surface area contributed by atoms with Crippen LogP contribution in [0.4, 0.5) is 5.69 Å². The molecule has 32 heavy (non-hydrogen) atoms. The fourth-order valence-electron chi connectivity index (χ4n) is 4.76. The molecule has 8 heteroatoms. The smallest absolute Gasteiger partial charge is 0.269 e. The van der Waals surface area contributed by atoms with Crippen molar-refractivity contribution in [1.82, 2.24) is 25.2 Å². The lowest BCUT2D eigenvalue weighted by Crippen LogP contribution is -2.61.